The highest BCUT2D eigenvalue weighted by molar-refractivity contribution is 5.76. The number of aromatic nitrogens is 2. The van der Waals surface area contributed by atoms with Gasteiger partial charge in [-0.3, -0.25) is 4.79 Å². The summed E-state index contributed by atoms with van der Waals surface area (Å²) in [5, 5.41) is 4.12. The van der Waals surface area contributed by atoms with Crippen LogP contribution in [0.5, 0.6) is 5.75 Å². The van der Waals surface area contributed by atoms with Crippen molar-refractivity contribution in [3.05, 3.63) is 30.2 Å². The molecule has 1 amide bonds. The standard InChI is InChI=1S/C22H31N3O3/c1-3-4-5-6-7-8-11-20(26)25-16-9-10-19(25)22-23-21(24-28-22)17-12-14-18(27-2)15-13-17/h12-15,19H,3-11,16H2,1-2H3. The van der Waals surface area contributed by atoms with Crippen LogP contribution in [0.1, 0.15) is 76.6 Å². The lowest BCUT2D eigenvalue weighted by Gasteiger charge is -2.21. The summed E-state index contributed by atoms with van der Waals surface area (Å²) in [5.74, 6) is 2.09. The molecule has 2 aromatic rings. The Bertz CT molecular complexity index is 742. The van der Waals surface area contributed by atoms with Crippen LogP contribution in [0.3, 0.4) is 0 Å². The molecule has 0 spiro atoms. The fraction of sp³-hybridized carbons (Fsp3) is 0.591. The third kappa shape index (κ3) is 5.12. The molecule has 1 aliphatic heterocycles. The van der Waals surface area contributed by atoms with Crippen molar-refractivity contribution in [1.29, 1.82) is 0 Å². The molecule has 1 aromatic heterocycles. The molecule has 0 radical (unpaired) electrons. The average Bonchev–Trinajstić information content (AvgIpc) is 3.40. The van der Waals surface area contributed by atoms with E-state index in [1.54, 1.807) is 7.11 Å². The minimum atomic E-state index is -0.0907. The lowest BCUT2D eigenvalue weighted by atomic mass is 10.1. The summed E-state index contributed by atoms with van der Waals surface area (Å²) >= 11 is 0. The summed E-state index contributed by atoms with van der Waals surface area (Å²) in [6.07, 6.45) is 9.60. The van der Waals surface area contributed by atoms with Crippen LogP contribution >= 0.6 is 0 Å². The molecule has 152 valence electrons. The number of rotatable bonds is 10. The second kappa shape index (κ2) is 10.2. The monoisotopic (exact) mass is 385 g/mol. The molecule has 1 atom stereocenters. The molecule has 0 N–H and O–H groups in total. The lowest BCUT2D eigenvalue weighted by molar-refractivity contribution is -0.132. The van der Waals surface area contributed by atoms with Crippen molar-refractivity contribution >= 4 is 5.91 Å². The number of methoxy groups -OCH3 is 1. The van der Waals surface area contributed by atoms with E-state index in [2.05, 4.69) is 17.1 Å². The van der Waals surface area contributed by atoms with E-state index in [0.29, 0.717) is 18.1 Å². The van der Waals surface area contributed by atoms with E-state index in [-0.39, 0.29) is 11.9 Å². The highest BCUT2D eigenvalue weighted by Crippen LogP contribution is 2.33. The number of nitrogens with zero attached hydrogens (tertiary/aromatic N) is 3. The number of unbranched alkanes of at least 4 members (excludes halogenated alkanes) is 5. The van der Waals surface area contributed by atoms with Crippen molar-refractivity contribution in [2.24, 2.45) is 0 Å². The number of ether oxygens (including phenoxy) is 1. The second-order valence-electron chi connectivity index (χ2n) is 7.45. The zero-order valence-electron chi connectivity index (χ0n) is 17.0. The summed E-state index contributed by atoms with van der Waals surface area (Å²) in [6.45, 7) is 2.99. The first-order valence-electron chi connectivity index (χ1n) is 10.5. The number of carbonyl (C=O) groups is 1. The molecule has 28 heavy (non-hydrogen) atoms. The molecule has 0 saturated carbocycles. The molecule has 2 heterocycles. The van der Waals surface area contributed by atoms with Gasteiger partial charge in [-0.1, -0.05) is 44.2 Å². The second-order valence-corrected chi connectivity index (χ2v) is 7.45. The van der Waals surface area contributed by atoms with E-state index in [0.717, 1.165) is 43.5 Å². The summed E-state index contributed by atoms with van der Waals surface area (Å²) in [6, 6.07) is 7.47. The lowest BCUT2D eigenvalue weighted by Crippen LogP contribution is -2.30. The fourth-order valence-electron chi connectivity index (χ4n) is 3.75. The number of amides is 1. The van der Waals surface area contributed by atoms with Crippen LogP contribution in [-0.2, 0) is 4.79 Å². The van der Waals surface area contributed by atoms with Crippen LogP contribution in [0.2, 0.25) is 0 Å². The van der Waals surface area contributed by atoms with E-state index in [9.17, 15) is 4.79 Å². The number of hydrogen-bond donors (Lipinski definition) is 0. The van der Waals surface area contributed by atoms with Crippen LogP contribution in [0.25, 0.3) is 11.4 Å². The normalized spacial score (nSPS) is 16.5. The van der Waals surface area contributed by atoms with Gasteiger partial charge in [-0.2, -0.15) is 4.98 Å². The molecular formula is C22H31N3O3. The van der Waals surface area contributed by atoms with Gasteiger partial charge in [-0.05, 0) is 43.5 Å². The molecule has 1 saturated heterocycles. The van der Waals surface area contributed by atoms with Gasteiger partial charge < -0.3 is 14.2 Å². The van der Waals surface area contributed by atoms with E-state index in [4.69, 9.17) is 9.26 Å². The minimum Gasteiger partial charge on any atom is -0.497 e. The van der Waals surface area contributed by atoms with Gasteiger partial charge in [-0.15, -0.1) is 0 Å². The first-order chi connectivity index (χ1) is 13.7. The van der Waals surface area contributed by atoms with Crippen LogP contribution in [0.15, 0.2) is 28.8 Å². The van der Waals surface area contributed by atoms with Crippen LogP contribution in [0, 0.1) is 0 Å². The Labute approximate surface area is 167 Å². The van der Waals surface area contributed by atoms with Crippen molar-refractivity contribution in [3.8, 4) is 17.1 Å². The smallest absolute Gasteiger partial charge is 0.249 e. The summed E-state index contributed by atoms with van der Waals surface area (Å²) in [4.78, 5) is 19.2. The Balaban J connectivity index is 1.56. The zero-order chi connectivity index (χ0) is 19.8. The molecular weight excluding hydrogens is 354 g/mol. The van der Waals surface area contributed by atoms with Gasteiger partial charge in [0, 0.05) is 18.5 Å². The molecule has 3 rings (SSSR count). The topological polar surface area (TPSA) is 68.5 Å². The zero-order valence-corrected chi connectivity index (χ0v) is 17.0. The Kier molecular flexibility index (Phi) is 7.46. The quantitative estimate of drug-likeness (QED) is 0.528. The molecule has 0 aliphatic carbocycles. The first-order valence-corrected chi connectivity index (χ1v) is 10.5. The van der Waals surface area contributed by atoms with E-state index >= 15 is 0 Å². The van der Waals surface area contributed by atoms with Crippen LogP contribution in [0.4, 0.5) is 0 Å². The van der Waals surface area contributed by atoms with Crippen molar-refractivity contribution in [3.63, 3.8) is 0 Å². The molecule has 1 aliphatic rings. The minimum absolute atomic E-state index is 0.0907. The summed E-state index contributed by atoms with van der Waals surface area (Å²) in [5.41, 5.74) is 0.874. The molecule has 6 heteroatoms. The van der Waals surface area contributed by atoms with E-state index in [1.807, 2.05) is 29.2 Å². The molecule has 6 nitrogen and oxygen atoms in total. The maximum Gasteiger partial charge on any atom is 0.249 e. The van der Waals surface area contributed by atoms with Gasteiger partial charge in [0.1, 0.15) is 11.8 Å². The maximum absolute atomic E-state index is 12.7. The molecule has 1 unspecified atom stereocenters. The Morgan fingerprint density at radius 2 is 1.93 bits per heavy atom. The SMILES string of the molecule is CCCCCCCCC(=O)N1CCCC1c1nc(-c2ccc(OC)cc2)no1. The highest BCUT2D eigenvalue weighted by Gasteiger charge is 2.33. The number of likely N-dealkylation sites (tertiary alicyclic amines) is 1. The Hall–Kier alpha value is -2.37. The van der Waals surface area contributed by atoms with Gasteiger partial charge in [0.15, 0.2) is 0 Å². The molecule has 1 aromatic carbocycles. The van der Waals surface area contributed by atoms with Gasteiger partial charge in [-0.25, -0.2) is 0 Å². The van der Waals surface area contributed by atoms with Crippen LogP contribution in [-0.4, -0.2) is 34.6 Å². The third-order valence-corrected chi connectivity index (χ3v) is 5.39. The maximum atomic E-state index is 12.7. The largest absolute Gasteiger partial charge is 0.497 e. The van der Waals surface area contributed by atoms with Crippen molar-refractivity contribution in [2.45, 2.75) is 70.8 Å². The van der Waals surface area contributed by atoms with Crippen molar-refractivity contribution in [2.75, 3.05) is 13.7 Å². The predicted octanol–water partition coefficient (Wildman–Crippen LogP) is 5.16. The van der Waals surface area contributed by atoms with Gasteiger partial charge in [0.2, 0.25) is 17.6 Å². The van der Waals surface area contributed by atoms with Crippen molar-refractivity contribution < 1.29 is 14.1 Å². The van der Waals surface area contributed by atoms with E-state index < -0.39 is 0 Å². The third-order valence-electron chi connectivity index (χ3n) is 5.39. The highest BCUT2D eigenvalue weighted by atomic mass is 16.5. The van der Waals surface area contributed by atoms with Crippen LogP contribution < -0.4 is 4.74 Å². The Morgan fingerprint density at radius 3 is 2.68 bits per heavy atom. The fourth-order valence-corrected chi connectivity index (χ4v) is 3.75. The number of carbonyl (C=O) groups excluding carboxylic acids is 1. The first kappa shape index (κ1) is 20.4. The summed E-state index contributed by atoms with van der Waals surface area (Å²) < 4.78 is 10.7. The van der Waals surface area contributed by atoms with E-state index in [1.165, 1.54) is 25.7 Å². The Morgan fingerprint density at radius 1 is 1.18 bits per heavy atom. The van der Waals surface area contributed by atoms with Gasteiger partial charge in [0.25, 0.3) is 0 Å². The van der Waals surface area contributed by atoms with Gasteiger partial charge in [0.05, 0.1) is 7.11 Å². The number of hydrogen-bond acceptors (Lipinski definition) is 5. The van der Waals surface area contributed by atoms with Gasteiger partial charge >= 0.3 is 0 Å². The average molecular weight is 386 g/mol. The molecule has 0 bridgehead atoms. The summed E-state index contributed by atoms with van der Waals surface area (Å²) in [7, 11) is 1.64. The molecule has 1 fully saturated rings. The number of benzene rings is 1. The van der Waals surface area contributed by atoms with Crippen molar-refractivity contribution in [1.82, 2.24) is 15.0 Å². The predicted molar refractivity (Wildman–Crippen MR) is 108 cm³/mol.